The molecule has 0 spiro atoms. The Balaban J connectivity index is 1.41. The van der Waals surface area contributed by atoms with Gasteiger partial charge in [0.1, 0.15) is 12.4 Å². The Morgan fingerprint density at radius 3 is 2.40 bits per heavy atom. The van der Waals surface area contributed by atoms with Crippen LogP contribution >= 0.6 is 11.8 Å². The van der Waals surface area contributed by atoms with Gasteiger partial charge in [-0.15, -0.1) is 0 Å². The van der Waals surface area contributed by atoms with Gasteiger partial charge >= 0.3 is 0 Å². The van der Waals surface area contributed by atoms with Crippen molar-refractivity contribution < 1.29 is 9.53 Å². The Hall–Kier alpha value is -3.18. The summed E-state index contributed by atoms with van der Waals surface area (Å²) in [6.07, 6.45) is 6.66. The smallest absolute Gasteiger partial charge is 0.262 e. The summed E-state index contributed by atoms with van der Waals surface area (Å²) < 4.78 is 6.16. The van der Waals surface area contributed by atoms with E-state index < -0.39 is 0 Å². The number of para-hydroxylation sites is 2. The van der Waals surface area contributed by atoms with E-state index in [9.17, 15) is 4.79 Å². The predicted octanol–water partition coefficient (Wildman–Crippen LogP) is 7.16. The monoisotopic (exact) mass is 484 g/mol. The number of benzene rings is 3. The lowest BCUT2D eigenvalue weighted by Crippen LogP contribution is -2.48. The SMILES string of the molecule is C[C@H]1CCCC[C@H]1N1C(=O)/C(=C/c2ccccc2OCc2ccccc2)SC1Nc1ccccc1. The summed E-state index contributed by atoms with van der Waals surface area (Å²) in [6.45, 7) is 2.78. The fourth-order valence-corrected chi connectivity index (χ4v) is 6.18. The molecule has 1 aliphatic carbocycles. The van der Waals surface area contributed by atoms with Gasteiger partial charge < -0.3 is 15.0 Å². The number of rotatable bonds is 7. The molecule has 5 heteroatoms. The summed E-state index contributed by atoms with van der Waals surface area (Å²) >= 11 is 1.61. The van der Waals surface area contributed by atoms with Crippen LogP contribution in [0.3, 0.4) is 0 Å². The number of thioether (sulfide) groups is 1. The maximum atomic E-state index is 13.8. The van der Waals surface area contributed by atoms with Crippen LogP contribution in [0.15, 0.2) is 89.8 Å². The molecule has 5 rings (SSSR count). The summed E-state index contributed by atoms with van der Waals surface area (Å²) in [7, 11) is 0. The van der Waals surface area contributed by atoms with Gasteiger partial charge in [-0.3, -0.25) is 4.79 Å². The minimum Gasteiger partial charge on any atom is -0.488 e. The highest BCUT2D eigenvalue weighted by Gasteiger charge is 2.43. The maximum Gasteiger partial charge on any atom is 0.262 e. The molecule has 1 heterocycles. The van der Waals surface area contributed by atoms with E-state index >= 15 is 0 Å². The fourth-order valence-electron chi connectivity index (χ4n) is 4.98. The van der Waals surface area contributed by atoms with Crippen molar-refractivity contribution in [2.75, 3.05) is 5.32 Å². The lowest BCUT2D eigenvalue weighted by molar-refractivity contribution is -0.129. The van der Waals surface area contributed by atoms with Crippen molar-refractivity contribution in [3.8, 4) is 5.75 Å². The summed E-state index contributed by atoms with van der Waals surface area (Å²) in [5.74, 6) is 1.39. The van der Waals surface area contributed by atoms with E-state index in [0.29, 0.717) is 12.5 Å². The van der Waals surface area contributed by atoms with Crippen molar-refractivity contribution in [1.82, 2.24) is 4.90 Å². The van der Waals surface area contributed by atoms with Crippen LogP contribution in [0.4, 0.5) is 5.69 Å². The van der Waals surface area contributed by atoms with Crippen LogP contribution in [0.25, 0.3) is 6.08 Å². The number of nitrogens with zero attached hydrogens (tertiary/aromatic N) is 1. The normalized spacial score (nSPS) is 23.5. The van der Waals surface area contributed by atoms with Gasteiger partial charge in [0.2, 0.25) is 0 Å². The van der Waals surface area contributed by atoms with E-state index in [1.54, 1.807) is 11.8 Å². The largest absolute Gasteiger partial charge is 0.488 e. The number of anilines is 1. The molecular weight excluding hydrogens is 452 g/mol. The van der Waals surface area contributed by atoms with Gasteiger partial charge in [0.05, 0.1) is 4.91 Å². The third-order valence-electron chi connectivity index (χ3n) is 6.87. The van der Waals surface area contributed by atoms with Crippen LogP contribution in [0, 0.1) is 5.92 Å². The van der Waals surface area contributed by atoms with E-state index in [-0.39, 0.29) is 17.4 Å². The van der Waals surface area contributed by atoms with Crippen molar-refractivity contribution >= 4 is 29.4 Å². The first-order valence-corrected chi connectivity index (χ1v) is 13.4. The molecule has 0 radical (unpaired) electrons. The predicted molar refractivity (Wildman–Crippen MR) is 145 cm³/mol. The average molecular weight is 485 g/mol. The van der Waals surface area contributed by atoms with Crippen LogP contribution in [0.1, 0.15) is 43.7 Å². The maximum absolute atomic E-state index is 13.8. The molecule has 1 N–H and O–H groups in total. The van der Waals surface area contributed by atoms with Crippen molar-refractivity contribution in [3.05, 3.63) is 101 Å². The first-order valence-electron chi connectivity index (χ1n) is 12.5. The molecule has 1 amide bonds. The molecule has 1 aliphatic heterocycles. The van der Waals surface area contributed by atoms with Gasteiger partial charge in [-0.25, -0.2) is 0 Å². The third kappa shape index (κ3) is 5.57. The Kier molecular flexibility index (Phi) is 7.43. The molecule has 1 unspecified atom stereocenters. The van der Waals surface area contributed by atoms with Gasteiger partial charge in [-0.1, -0.05) is 98.3 Å². The van der Waals surface area contributed by atoms with Crippen molar-refractivity contribution in [1.29, 1.82) is 0 Å². The van der Waals surface area contributed by atoms with Gasteiger partial charge in [-0.05, 0) is 48.6 Å². The molecule has 35 heavy (non-hydrogen) atoms. The number of carbonyl (C=O) groups is 1. The zero-order chi connectivity index (χ0) is 24.0. The Labute approximate surface area is 212 Å². The van der Waals surface area contributed by atoms with E-state index in [1.807, 2.05) is 66.7 Å². The highest BCUT2D eigenvalue weighted by Crippen LogP contribution is 2.42. The number of ether oxygens (including phenoxy) is 1. The molecule has 2 aliphatic rings. The fraction of sp³-hybridized carbons (Fsp3) is 0.300. The molecule has 180 valence electrons. The number of hydrogen-bond donors (Lipinski definition) is 1. The van der Waals surface area contributed by atoms with Crippen LogP contribution < -0.4 is 10.1 Å². The second-order valence-corrected chi connectivity index (χ2v) is 10.5. The van der Waals surface area contributed by atoms with E-state index in [0.717, 1.165) is 33.9 Å². The lowest BCUT2D eigenvalue weighted by Gasteiger charge is -2.39. The second-order valence-electron chi connectivity index (χ2n) is 9.34. The number of nitrogens with one attached hydrogen (secondary N) is 1. The number of carbonyl (C=O) groups excluding carboxylic acids is 1. The minimum atomic E-state index is -0.126. The van der Waals surface area contributed by atoms with E-state index in [1.165, 1.54) is 19.3 Å². The second kappa shape index (κ2) is 11.0. The third-order valence-corrected chi connectivity index (χ3v) is 7.98. The molecular formula is C30H32N2O2S. The highest BCUT2D eigenvalue weighted by molar-refractivity contribution is 8.05. The molecule has 1 saturated carbocycles. The Morgan fingerprint density at radius 1 is 0.943 bits per heavy atom. The quantitative estimate of drug-likeness (QED) is 0.361. The molecule has 4 nitrogen and oxygen atoms in total. The molecule has 2 fully saturated rings. The van der Waals surface area contributed by atoms with Crippen LogP contribution in [0.2, 0.25) is 0 Å². The van der Waals surface area contributed by atoms with Crippen molar-refractivity contribution in [2.24, 2.45) is 5.92 Å². The van der Waals surface area contributed by atoms with Gasteiger partial charge in [0.15, 0.2) is 5.50 Å². The molecule has 0 aromatic heterocycles. The van der Waals surface area contributed by atoms with E-state index in [2.05, 4.69) is 41.4 Å². The summed E-state index contributed by atoms with van der Waals surface area (Å²) in [4.78, 5) is 16.7. The molecule has 3 aromatic carbocycles. The molecule has 3 atom stereocenters. The van der Waals surface area contributed by atoms with Crippen LogP contribution in [0.5, 0.6) is 5.75 Å². The first-order chi connectivity index (χ1) is 17.2. The molecule has 3 aromatic rings. The summed E-state index contributed by atoms with van der Waals surface area (Å²) in [5.41, 5.74) is 2.94. The Bertz CT molecular complexity index is 1170. The Morgan fingerprint density at radius 2 is 1.63 bits per heavy atom. The highest BCUT2D eigenvalue weighted by atomic mass is 32.2. The van der Waals surface area contributed by atoms with Crippen LogP contribution in [-0.4, -0.2) is 22.3 Å². The number of hydrogen-bond acceptors (Lipinski definition) is 4. The van der Waals surface area contributed by atoms with Gasteiger partial charge in [0, 0.05) is 17.3 Å². The van der Waals surface area contributed by atoms with Gasteiger partial charge in [0.25, 0.3) is 5.91 Å². The lowest BCUT2D eigenvalue weighted by atomic mass is 9.85. The minimum absolute atomic E-state index is 0.111. The van der Waals surface area contributed by atoms with Gasteiger partial charge in [-0.2, -0.15) is 0 Å². The van der Waals surface area contributed by atoms with Crippen molar-refractivity contribution in [3.63, 3.8) is 0 Å². The summed E-state index contributed by atoms with van der Waals surface area (Å²) in [6, 6.07) is 28.5. The first kappa shape index (κ1) is 23.6. The standard InChI is InChI=1S/C30H32N2O2S/c1-22-12-8-10-18-26(22)32-29(33)28(35-30(32)31-25-16-6-3-7-17-25)20-24-15-9-11-19-27(24)34-21-23-13-4-2-5-14-23/h2-7,9,11,13-17,19-20,22,26,30-31H,8,10,12,18,21H2,1H3/b28-20-/t22-,26+,30?/m0/s1. The summed E-state index contributed by atoms with van der Waals surface area (Å²) in [5, 5.41) is 3.61. The zero-order valence-corrected chi connectivity index (χ0v) is 20.9. The molecule has 1 saturated heterocycles. The average Bonchev–Trinajstić information content (AvgIpc) is 3.19. The number of amides is 1. The molecule has 0 bridgehead atoms. The topological polar surface area (TPSA) is 41.6 Å². The zero-order valence-electron chi connectivity index (χ0n) is 20.1. The van der Waals surface area contributed by atoms with E-state index in [4.69, 9.17) is 4.74 Å². The van der Waals surface area contributed by atoms with Crippen molar-refractivity contribution in [2.45, 2.75) is 50.8 Å². The van der Waals surface area contributed by atoms with Crippen LogP contribution in [-0.2, 0) is 11.4 Å².